The Balaban J connectivity index is 2.81. The van der Waals surface area contributed by atoms with Crippen LogP contribution in [-0.4, -0.2) is 37.2 Å². The molecule has 1 rings (SSSR count). The number of aliphatic hydroxyl groups excluding tert-OH is 1. The van der Waals surface area contributed by atoms with Gasteiger partial charge in [-0.3, -0.25) is 9.59 Å². The molecule has 1 aromatic rings. The molecule has 0 bridgehead atoms. The zero-order valence-corrected chi connectivity index (χ0v) is 9.51. The first-order valence-corrected chi connectivity index (χ1v) is 5.11. The van der Waals surface area contributed by atoms with Gasteiger partial charge in [0.2, 0.25) is 0 Å². The third kappa shape index (κ3) is 3.88. The molecule has 5 nitrogen and oxygen atoms in total. The lowest BCUT2D eigenvalue weighted by Crippen LogP contribution is -2.12. The molecular weight excluding hydrogens is 224 g/mol. The monoisotopic (exact) mass is 238 g/mol. The molecule has 0 aliphatic heterocycles. The fraction of sp³-hybridized carbons (Fsp3) is 0.333. The normalized spacial score (nSPS) is 9.76. The molecular formula is C12H14O5. The molecule has 0 fully saturated rings. The van der Waals surface area contributed by atoms with Crippen molar-refractivity contribution in [3.8, 4) is 5.75 Å². The minimum atomic E-state index is -0.591. The van der Waals surface area contributed by atoms with Gasteiger partial charge in [-0.1, -0.05) is 12.1 Å². The predicted molar refractivity (Wildman–Crippen MR) is 60.0 cm³/mol. The van der Waals surface area contributed by atoms with E-state index < -0.39 is 5.97 Å². The number of ether oxygens (including phenoxy) is 2. The molecule has 0 heterocycles. The van der Waals surface area contributed by atoms with Crippen LogP contribution < -0.4 is 4.74 Å². The van der Waals surface area contributed by atoms with E-state index in [9.17, 15) is 9.59 Å². The molecule has 0 aliphatic carbocycles. The first-order valence-electron chi connectivity index (χ1n) is 5.11. The van der Waals surface area contributed by atoms with E-state index in [1.54, 1.807) is 24.3 Å². The summed E-state index contributed by atoms with van der Waals surface area (Å²) < 4.78 is 9.62. The van der Waals surface area contributed by atoms with Crippen LogP contribution in [0.3, 0.4) is 0 Å². The van der Waals surface area contributed by atoms with Gasteiger partial charge in [-0.15, -0.1) is 0 Å². The SMILES string of the molecule is COC(=O)CC(=O)c1ccccc1OCCO. The second kappa shape index (κ2) is 6.65. The minimum Gasteiger partial charge on any atom is -0.490 e. The highest BCUT2D eigenvalue weighted by atomic mass is 16.5. The molecule has 0 aromatic heterocycles. The van der Waals surface area contributed by atoms with Gasteiger partial charge in [0.1, 0.15) is 18.8 Å². The van der Waals surface area contributed by atoms with Gasteiger partial charge in [-0.2, -0.15) is 0 Å². The van der Waals surface area contributed by atoms with Crippen LogP contribution in [-0.2, 0) is 9.53 Å². The molecule has 1 aromatic carbocycles. The number of hydrogen-bond acceptors (Lipinski definition) is 5. The molecule has 0 atom stereocenters. The first kappa shape index (κ1) is 13.2. The molecule has 0 spiro atoms. The number of hydrogen-bond donors (Lipinski definition) is 1. The molecule has 0 saturated carbocycles. The lowest BCUT2D eigenvalue weighted by molar-refractivity contribution is -0.139. The summed E-state index contributed by atoms with van der Waals surface area (Å²) in [7, 11) is 1.23. The average Bonchev–Trinajstić information content (AvgIpc) is 2.36. The second-order valence-corrected chi connectivity index (χ2v) is 3.24. The van der Waals surface area contributed by atoms with Crippen molar-refractivity contribution in [1.82, 2.24) is 0 Å². The van der Waals surface area contributed by atoms with Crippen LogP contribution in [0.2, 0.25) is 0 Å². The summed E-state index contributed by atoms with van der Waals surface area (Å²) in [5.41, 5.74) is 0.311. The van der Waals surface area contributed by atoms with Gasteiger partial charge in [0.25, 0.3) is 0 Å². The van der Waals surface area contributed by atoms with Crippen molar-refractivity contribution in [3.05, 3.63) is 29.8 Å². The van der Waals surface area contributed by atoms with Crippen LogP contribution >= 0.6 is 0 Å². The topological polar surface area (TPSA) is 72.8 Å². The molecule has 0 aliphatic rings. The summed E-state index contributed by atoms with van der Waals surface area (Å²) in [6.45, 7) is -0.0396. The van der Waals surface area contributed by atoms with Crippen molar-refractivity contribution in [3.63, 3.8) is 0 Å². The smallest absolute Gasteiger partial charge is 0.313 e. The second-order valence-electron chi connectivity index (χ2n) is 3.24. The van der Waals surface area contributed by atoms with Crippen molar-refractivity contribution >= 4 is 11.8 Å². The number of carbonyl (C=O) groups excluding carboxylic acids is 2. The summed E-state index contributed by atoms with van der Waals surface area (Å²) in [5.74, 6) is -0.604. The number of benzene rings is 1. The number of Topliss-reactive ketones (excluding diaryl/α,β-unsaturated/α-hetero) is 1. The minimum absolute atomic E-state index is 0.0997. The molecule has 92 valence electrons. The molecule has 5 heteroatoms. The fourth-order valence-electron chi connectivity index (χ4n) is 1.28. The Bertz CT molecular complexity index is 400. The zero-order valence-electron chi connectivity index (χ0n) is 9.51. The molecule has 0 radical (unpaired) electrons. The predicted octanol–water partition coefficient (Wildman–Crippen LogP) is 0.803. The van der Waals surface area contributed by atoms with Crippen LogP contribution in [0.15, 0.2) is 24.3 Å². The van der Waals surface area contributed by atoms with E-state index in [2.05, 4.69) is 4.74 Å². The standard InChI is InChI=1S/C12H14O5/c1-16-12(15)8-10(14)9-4-2-3-5-11(9)17-7-6-13/h2-5,13H,6-8H2,1H3. The van der Waals surface area contributed by atoms with E-state index in [1.165, 1.54) is 7.11 Å². The fourth-order valence-corrected chi connectivity index (χ4v) is 1.28. The van der Waals surface area contributed by atoms with Crippen LogP contribution in [0.25, 0.3) is 0 Å². The number of methoxy groups -OCH3 is 1. The van der Waals surface area contributed by atoms with Gasteiger partial charge < -0.3 is 14.6 Å². The third-order valence-electron chi connectivity index (χ3n) is 2.07. The Labute approximate surface area is 99.0 Å². The van der Waals surface area contributed by atoms with Gasteiger partial charge in [0.05, 0.1) is 19.3 Å². The van der Waals surface area contributed by atoms with E-state index in [4.69, 9.17) is 9.84 Å². The van der Waals surface area contributed by atoms with Gasteiger partial charge >= 0.3 is 5.97 Å². The quantitative estimate of drug-likeness (QED) is 0.451. The maximum Gasteiger partial charge on any atom is 0.313 e. The van der Waals surface area contributed by atoms with Crippen LogP contribution in [0.1, 0.15) is 16.8 Å². The van der Waals surface area contributed by atoms with Crippen molar-refractivity contribution < 1.29 is 24.2 Å². The van der Waals surface area contributed by atoms with Crippen molar-refractivity contribution in [2.45, 2.75) is 6.42 Å². The highest BCUT2D eigenvalue weighted by Crippen LogP contribution is 2.19. The van der Waals surface area contributed by atoms with Gasteiger partial charge in [0, 0.05) is 0 Å². The molecule has 17 heavy (non-hydrogen) atoms. The maximum absolute atomic E-state index is 11.8. The summed E-state index contributed by atoms with van der Waals surface area (Å²) in [6, 6.07) is 6.57. The van der Waals surface area contributed by atoms with Crippen molar-refractivity contribution in [2.75, 3.05) is 20.3 Å². The largest absolute Gasteiger partial charge is 0.490 e. The highest BCUT2D eigenvalue weighted by molar-refractivity contribution is 6.07. The van der Waals surface area contributed by atoms with Crippen LogP contribution in [0, 0.1) is 0 Å². The lowest BCUT2D eigenvalue weighted by atomic mass is 10.1. The summed E-state index contributed by atoms with van der Waals surface area (Å²) in [6.07, 6.45) is -0.323. The Morgan fingerprint density at radius 2 is 2.00 bits per heavy atom. The summed E-state index contributed by atoms with van der Waals surface area (Å²) in [4.78, 5) is 22.8. The number of carbonyl (C=O) groups is 2. The van der Waals surface area contributed by atoms with Crippen molar-refractivity contribution in [2.24, 2.45) is 0 Å². The van der Waals surface area contributed by atoms with Gasteiger partial charge in [-0.25, -0.2) is 0 Å². The Morgan fingerprint density at radius 1 is 1.29 bits per heavy atom. The van der Waals surface area contributed by atoms with Crippen LogP contribution in [0.4, 0.5) is 0 Å². The molecule has 1 N–H and O–H groups in total. The van der Waals surface area contributed by atoms with Crippen molar-refractivity contribution in [1.29, 1.82) is 0 Å². The molecule has 0 unspecified atom stereocenters. The summed E-state index contributed by atoms with van der Waals surface area (Å²) in [5, 5.41) is 8.66. The van der Waals surface area contributed by atoms with E-state index in [0.717, 1.165) is 0 Å². The van der Waals surface area contributed by atoms with Crippen LogP contribution in [0.5, 0.6) is 5.75 Å². The highest BCUT2D eigenvalue weighted by Gasteiger charge is 2.16. The van der Waals surface area contributed by atoms with Gasteiger partial charge in [-0.05, 0) is 12.1 Å². The van der Waals surface area contributed by atoms with E-state index in [1.807, 2.05) is 0 Å². The van der Waals surface area contributed by atoms with E-state index in [-0.39, 0.29) is 25.4 Å². The Kier molecular flexibility index (Phi) is 5.16. The number of rotatable bonds is 6. The Hall–Kier alpha value is -1.88. The Morgan fingerprint density at radius 3 is 2.65 bits per heavy atom. The lowest BCUT2D eigenvalue weighted by Gasteiger charge is -2.09. The number of para-hydroxylation sites is 1. The third-order valence-corrected chi connectivity index (χ3v) is 2.07. The summed E-state index contributed by atoms with van der Waals surface area (Å²) >= 11 is 0. The number of esters is 1. The number of ketones is 1. The van der Waals surface area contributed by atoms with E-state index in [0.29, 0.717) is 11.3 Å². The average molecular weight is 238 g/mol. The maximum atomic E-state index is 11.8. The zero-order chi connectivity index (χ0) is 12.7. The molecule has 0 amide bonds. The van der Waals surface area contributed by atoms with E-state index >= 15 is 0 Å². The van der Waals surface area contributed by atoms with Gasteiger partial charge in [0.15, 0.2) is 5.78 Å². The number of aliphatic hydroxyl groups is 1. The molecule has 0 saturated heterocycles. The first-order chi connectivity index (χ1) is 8.19.